The number of benzene rings is 1. The molecule has 3 rings (SSSR count). The van der Waals surface area contributed by atoms with E-state index in [0.717, 1.165) is 31.9 Å². The van der Waals surface area contributed by atoms with Gasteiger partial charge in [0, 0.05) is 57.3 Å². The molecule has 2 heterocycles. The van der Waals surface area contributed by atoms with Crippen molar-refractivity contribution in [2.24, 2.45) is 7.05 Å². The molecule has 1 fully saturated rings. The van der Waals surface area contributed by atoms with Crippen molar-refractivity contribution in [2.45, 2.75) is 6.04 Å². The summed E-state index contributed by atoms with van der Waals surface area (Å²) in [6.07, 6.45) is 1.97. The van der Waals surface area contributed by atoms with Crippen LogP contribution in [0.3, 0.4) is 0 Å². The van der Waals surface area contributed by atoms with Crippen molar-refractivity contribution in [3.63, 3.8) is 0 Å². The molecule has 150 valence electrons. The number of aryl methyl sites for hydroxylation is 1. The molecule has 8 heteroatoms. The first-order chi connectivity index (χ1) is 13.4. The number of hydrogen-bond acceptors (Lipinski definition) is 4. The van der Waals surface area contributed by atoms with E-state index in [-0.39, 0.29) is 11.7 Å². The molecular weight excluding hydrogens is 361 g/mol. The normalized spacial score (nSPS) is 16.5. The van der Waals surface area contributed by atoms with Crippen LogP contribution in [0.4, 0.5) is 10.1 Å². The lowest BCUT2D eigenvalue weighted by Gasteiger charge is -2.38. The summed E-state index contributed by atoms with van der Waals surface area (Å²) in [6, 6.07) is 9.42. The van der Waals surface area contributed by atoms with Crippen molar-refractivity contribution in [3.8, 4) is 0 Å². The molecule has 28 heavy (non-hydrogen) atoms. The molecule has 1 aromatic heterocycles. The zero-order valence-corrected chi connectivity index (χ0v) is 16.2. The second-order valence-electron chi connectivity index (χ2n) is 7.07. The minimum absolute atomic E-state index is 0.0281. The zero-order chi connectivity index (χ0) is 20.1. The van der Waals surface area contributed by atoms with Crippen LogP contribution in [0.1, 0.15) is 11.7 Å². The summed E-state index contributed by atoms with van der Waals surface area (Å²) < 4.78 is 15.3. The smallest absolute Gasteiger partial charge is 0.313 e. The standard InChI is InChI=1S/C20H26FN5O2/c1-24-9-11-26(12-10-24)18(17-7-4-8-25(17)2)14-22-19(27)20(28)23-16-6-3-5-15(21)13-16/h3-8,13,18H,9-12,14H2,1-2H3,(H,22,27)(H,23,28). The molecule has 1 atom stereocenters. The largest absolute Gasteiger partial charge is 0.353 e. The van der Waals surface area contributed by atoms with Crippen molar-refractivity contribution in [1.82, 2.24) is 19.7 Å². The van der Waals surface area contributed by atoms with Gasteiger partial charge in [-0.25, -0.2) is 4.39 Å². The SMILES string of the molecule is CN1CCN(C(CNC(=O)C(=O)Nc2cccc(F)c2)c2cccn2C)CC1. The van der Waals surface area contributed by atoms with Crippen LogP contribution in [0.15, 0.2) is 42.6 Å². The van der Waals surface area contributed by atoms with Crippen LogP contribution in [0.5, 0.6) is 0 Å². The monoisotopic (exact) mass is 387 g/mol. The highest BCUT2D eigenvalue weighted by Gasteiger charge is 2.26. The number of piperazine rings is 1. The summed E-state index contributed by atoms with van der Waals surface area (Å²) in [7, 11) is 4.06. The predicted molar refractivity (Wildman–Crippen MR) is 105 cm³/mol. The fraction of sp³-hybridized carbons (Fsp3) is 0.400. The molecule has 0 saturated carbocycles. The molecule has 2 N–H and O–H groups in total. The molecule has 0 bridgehead atoms. The van der Waals surface area contributed by atoms with Gasteiger partial charge in [0.05, 0.1) is 6.04 Å². The van der Waals surface area contributed by atoms with E-state index in [1.54, 1.807) is 0 Å². The summed E-state index contributed by atoms with van der Waals surface area (Å²) in [4.78, 5) is 29.0. The molecule has 1 unspecified atom stereocenters. The van der Waals surface area contributed by atoms with E-state index in [2.05, 4.69) is 27.5 Å². The fourth-order valence-electron chi connectivity index (χ4n) is 3.40. The first kappa shape index (κ1) is 20.0. The maximum absolute atomic E-state index is 13.2. The van der Waals surface area contributed by atoms with Crippen molar-refractivity contribution < 1.29 is 14.0 Å². The van der Waals surface area contributed by atoms with Crippen LogP contribution in [0.2, 0.25) is 0 Å². The van der Waals surface area contributed by atoms with Crippen molar-refractivity contribution in [3.05, 3.63) is 54.1 Å². The molecule has 1 saturated heterocycles. The van der Waals surface area contributed by atoms with E-state index in [0.29, 0.717) is 6.54 Å². The maximum Gasteiger partial charge on any atom is 0.313 e. The number of rotatable bonds is 5. The molecule has 7 nitrogen and oxygen atoms in total. The minimum Gasteiger partial charge on any atom is -0.353 e. The number of hydrogen-bond donors (Lipinski definition) is 2. The average Bonchev–Trinajstić information content (AvgIpc) is 3.09. The highest BCUT2D eigenvalue weighted by molar-refractivity contribution is 6.39. The van der Waals surface area contributed by atoms with Crippen LogP contribution in [-0.2, 0) is 16.6 Å². The Labute approximate surface area is 164 Å². The number of aromatic nitrogens is 1. The van der Waals surface area contributed by atoms with E-state index in [1.807, 2.05) is 29.9 Å². The van der Waals surface area contributed by atoms with Gasteiger partial charge >= 0.3 is 11.8 Å². The summed E-state index contributed by atoms with van der Waals surface area (Å²) in [5.41, 5.74) is 1.33. The molecule has 0 spiro atoms. The number of halogens is 1. The van der Waals surface area contributed by atoms with Gasteiger partial charge in [-0.2, -0.15) is 0 Å². The van der Waals surface area contributed by atoms with Gasteiger partial charge in [-0.1, -0.05) is 6.07 Å². The van der Waals surface area contributed by atoms with Gasteiger partial charge in [-0.15, -0.1) is 0 Å². The molecule has 2 amide bonds. The third-order valence-electron chi connectivity index (χ3n) is 5.05. The van der Waals surface area contributed by atoms with E-state index < -0.39 is 17.6 Å². The number of nitrogens with zero attached hydrogens (tertiary/aromatic N) is 3. The number of nitrogens with one attached hydrogen (secondary N) is 2. The van der Waals surface area contributed by atoms with Crippen molar-refractivity contribution >= 4 is 17.5 Å². The molecule has 1 aliphatic rings. The summed E-state index contributed by atoms with van der Waals surface area (Å²) in [5.74, 6) is -2.02. The highest BCUT2D eigenvalue weighted by atomic mass is 19.1. The lowest BCUT2D eigenvalue weighted by molar-refractivity contribution is -0.136. The van der Waals surface area contributed by atoms with Crippen molar-refractivity contribution in [2.75, 3.05) is 45.1 Å². The number of carbonyl (C=O) groups excluding carboxylic acids is 2. The number of anilines is 1. The summed E-state index contributed by atoms with van der Waals surface area (Å²) in [5, 5.41) is 5.15. The first-order valence-corrected chi connectivity index (χ1v) is 9.32. The quantitative estimate of drug-likeness (QED) is 0.757. The van der Waals surface area contributed by atoms with Gasteiger partial charge in [0.1, 0.15) is 5.82 Å². The lowest BCUT2D eigenvalue weighted by Crippen LogP contribution is -2.49. The average molecular weight is 387 g/mol. The Morgan fingerprint density at radius 2 is 1.82 bits per heavy atom. The summed E-state index contributed by atoms with van der Waals surface area (Å²) >= 11 is 0. The Morgan fingerprint density at radius 3 is 2.46 bits per heavy atom. The van der Waals surface area contributed by atoms with Crippen LogP contribution in [0, 0.1) is 5.82 Å². The fourth-order valence-corrected chi connectivity index (χ4v) is 3.40. The van der Waals surface area contributed by atoms with Crippen LogP contribution in [0.25, 0.3) is 0 Å². The van der Waals surface area contributed by atoms with Gasteiger partial charge in [0.15, 0.2) is 0 Å². The number of amides is 2. The molecule has 0 radical (unpaired) electrons. The van der Waals surface area contributed by atoms with Gasteiger partial charge < -0.3 is 20.1 Å². The van der Waals surface area contributed by atoms with Gasteiger partial charge in [-0.3, -0.25) is 14.5 Å². The van der Waals surface area contributed by atoms with E-state index >= 15 is 0 Å². The minimum atomic E-state index is -0.811. The van der Waals surface area contributed by atoms with Gasteiger partial charge in [0.2, 0.25) is 0 Å². The van der Waals surface area contributed by atoms with E-state index in [1.165, 1.54) is 24.3 Å². The Morgan fingerprint density at radius 1 is 1.07 bits per heavy atom. The number of likely N-dealkylation sites (N-methyl/N-ethyl adjacent to an activating group) is 1. The molecule has 2 aromatic rings. The molecular formula is C20H26FN5O2. The molecule has 1 aromatic carbocycles. The summed E-state index contributed by atoms with van der Waals surface area (Å²) in [6.45, 7) is 4.00. The Kier molecular flexibility index (Phi) is 6.43. The molecule has 1 aliphatic heterocycles. The van der Waals surface area contributed by atoms with Crippen LogP contribution < -0.4 is 10.6 Å². The maximum atomic E-state index is 13.2. The predicted octanol–water partition coefficient (Wildman–Crippen LogP) is 1.21. The third kappa shape index (κ3) is 4.96. The lowest BCUT2D eigenvalue weighted by atomic mass is 10.1. The van der Waals surface area contributed by atoms with Crippen LogP contribution >= 0.6 is 0 Å². The number of carbonyl (C=O) groups is 2. The highest BCUT2D eigenvalue weighted by Crippen LogP contribution is 2.21. The zero-order valence-electron chi connectivity index (χ0n) is 16.2. The first-order valence-electron chi connectivity index (χ1n) is 9.32. The third-order valence-corrected chi connectivity index (χ3v) is 5.05. The Hall–Kier alpha value is -2.71. The van der Waals surface area contributed by atoms with Crippen LogP contribution in [-0.4, -0.2) is 66.0 Å². The topological polar surface area (TPSA) is 69.6 Å². The Bertz CT molecular complexity index is 830. The van der Waals surface area contributed by atoms with Gasteiger partial charge in [-0.05, 0) is 37.4 Å². The van der Waals surface area contributed by atoms with Crippen molar-refractivity contribution in [1.29, 1.82) is 0 Å². The second kappa shape index (κ2) is 8.99. The Balaban J connectivity index is 1.63. The van der Waals surface area contributed by atoms with E-state index in [9.17, 15) is 14.0 Å². The van der Waals surface area contributed by atoms with Gasteiger partial charge in [0.25, 0.3) is 0 Å². The second-order valence-corrected chi connectivity index (χ2v) is 7.07. The van der Waals surface area contributed by atoms with E-state index in [4.69, 9.17) is 0 Å². The molecule has 0 aliphatic carbocycles.